The number of aromatic nitrogens is 1. The Morgan fingerprint density at radius 2 is 2.06 bits per heavy atom. The maximum absolute atomic E-state index is 12.3. The molecule has 1 aromatic carbocycles. The maximum Gasteiger partial charge on any atom is 0.165 e. The molecule has 5 aliphatic carbocycles. The summed E-state index contributed by atoms with van der Waals surface area (Å²) in [6.45, 7) is 4.18. The highest BCUT2D eigenvalue weighted by atomic mass is 16.6. The minimum atomic E-state index is -1.16. The number of fused-ring (bicyclic) bond motifs is 2. The fourth-order valence-electron chi connectivity index (χ4n) is 9.90. The summed E-state index contributed by atoms with van der Waals surface area (Å²) in [4.78, 5) is 7.41. The summed E-state index contributed by atoms with van der Waals surface area (Å²) in [6, 6.07) is 10.2. The van der Waals surface area contributed by atoms with Gasteiger partial charge in [0.15, 0.2) is 11.5 Å². The van der Waals surface area contributed by atoms with Crippen LogP contribution in [-0.4, -0.2) is 58.0 Å². The molecule has 0 amide bonds. The average molecular weight is 489 g/mol. The van der Waals surface area contributed by atoms with Crippen LogP contribution in [0.4, 0.5) is 0 Å². The number of rotatable bonds is 5. The molecule has 7 aliphatic rings. The number of methoxy groups -OCH3 is 1. The Kier molecular flexibility index (Phi) is 4.15. The Morgan fingerprint density at radius 3 is 2.81 bits per heavy atom. The fraction of sp³-hybridized carbons (Fsp3) is 0.633. The number of ether oxygens (including phenoxy) is 2. The lowest BCUT2D eigenvalue weighted by Crippen LogP contribution is -2.82. The zero-order valence-corrected chi connectivity index (χ0v) is 21.2. The van der Waals surface area contributed by atoms with Crippen LogP contribution in [0.1, 0.15) is 62.3 Å². The number of hydrogen-bond donors (Lipinski definition) is 2. The second-order valence-corrected chi connectivity index (χ2v) is 12.8. The predicted molar refractivity (Wildman–Crippen MR) is 134 cm³/mol. The van der Waals surface area contributed by atoms with E-state index in [1.54, 1.807) is 13.3 Å². The second kappa shape index (κ2) is 6.83. The molecular weight excluding hydrogens is 452 g/mol. The molecule has 36 heavy (non-hydrogen) atoms. The van der Waals surface area contributed by atoms with E-state index in [9.17, 15) is 10.2 Å². The van der Waals surface area contributed by atoms with Gasteiger partial charge < -0.3 is 19.7 Å². The van der Waals surface area contributed by atoms with E-state index >= 15 is 0 Å². The SMILES string of the molecule is CO[C@]12CC[C@@]3(C[C@@H]1C(C)(O)c1ccccn1)[C@H]1Cc4ccc(O)c5c4[C@@]3(CCN1CC1CC1)[C@H]2O5. The van der Waals surface area contributed by atoms with Crippen molar-refractivity contribution in [2.24, 2.45) is 17.3 Å². The van der Waals surface area contributed by atoms with Crippen LogP contribution >= 0.6 is 0 Å². The first-order valence-electron chi connectivity index (χ1n) is 13.8. The number of likely N-dealkylation sites (tertiary alicyclic amines) is 1. The van der Waals surface area contributed by atoms with Gasteiger partial charge in [0.1, 0.15) is 17.3 Å². The van der Waals surface area contributed by atoms with Gasteiger partial charge in [0.2, 0.25) is 0 Å². The molecule has 2 spiro atoms. The van der Waals surface area contributed by atoms with Crippen LogP contribution in [-0.2, 0) is 22.2 Å². The van der Waals surface area contributed by atoms with Crippen LogP contribution in [0.5, 0.6) is 11.5 Å². The molecular formula is C30H36N2O4. The van der Waals surface area contributed by atoms with Gasteiger partial charge in [-0.2, -0.15) is 0 Å². The van der Waals surface area contributed by atoms with Crippen molar-refractivity contribution in [3.05, 3.63) is 53.3 Å². The highest BCUT2D eigenvalue weighted by molar-refractivity contribution is 5.63. The summed E-state index contributed by atoms with van der Waals surface area (Å²) in [5.41, 5.74) is 1.25. The third kappa shape index (κ3) is 2.34. The van der Waals surface area contributed by atoms with Gasteiger partial charge in [-0.05, 0) is 88.1 Å². The van der Waals surface area contributed by atoms with Gasteiger partial charge in [0.05, 0.1) is 5.69 Å². The van der Waals surface area contributed by atoms with Crippen LogP contribution < -0.4 is 4.74 Å². The lowest BCUT2D eigenvalue weighted by atomic mass is 9.33. The summed E-state index contributed by atoms with van der Waals surface area (Å²) < 4.78 is 13.5. The monoisotopic (exact) mass is 488 g/mol. The first-order valence-corrected chi connectivity index (χ1v) is 13.8. The number of pyridine rings is 1. The van der Waals surface area contributed by atoms with Crippen LogP contribution in [0.2, 0.25) is 0 Å². The van der Waals surface area contributed by atoms with Crippen LogP contribution in [0.15, 0.2) is 36.5 Å². The number of hydrogen-bond acceptors (Lipinski definition) is 6. The van der Waals surface area contributed by atoms with Crippen LogP contribution in [0, 0.1) is 17.3 Å². The average Bonchev–Trinajstić information content (AvgIpc) is 3.64. The summed E-state index contributed by atoms with van der Waals surface area (Å²) in [5, 5.41) is 23.3. The highest BCUT2D eigenvalue weighted by Gasteiger charge is 2.82. The lowest BCUT2D eigenvalue weighted by Gasteiger charge is -2.75. The third-order valence-corrected chi connectivity index (χ3v) is 11.5. The molecule has 1 unspecified atom stereocenters. The van der Waals surface area contributed by atoms with E-state index in [0.717, 1.165) is 44.6 Å². The molecule has 7 atom stereocenters. The molecule has 2 aliphatic heterocycles. The number of piperidine rings is 1. The summed E-state index contributed by atoms with van der Waals surface area (Å²) in [5.74, 6) is 1.58. The number of nitrogens with zero attached hydrogens (tertiary/aromatic N) is 2. The van der Waals surface area contributed by atoms with Gasteiger partial charge in [0, 0.05) is 48.2 Å². The smallest absolute Gasteiger partial charge is 0.165 e. The van der Waals surface area contributed by atoms with Crippen molar-refractivity contribution in [3.63, 3.8) is 0 Å². The molecule has 9 rings (SSSR count). The molecule has 0 radical (unpaired) electrons. The van der Waals surface area contributed by atoms with Gasteiger partial charge in [-0.25, -0.2) is 0 Å². The van der Waals surface area contributed by atoms with Gasteiger partial charge >= 0.3 is 0 Å². The van der Waals surface area contributed by atoms with Crippen molar-refractivity contribution in [1.82, 2.24) is 9.88 Å². The lowest BCUT2D eigenvalue weighted by molar-refractivity contribution is -0.304. The number of aliphatic hydroxyl groups is 1. The number of aromatic hydroxyl groups is 1. The van der Waals surface area contributed by atoms with Crippen molar-refractivity contribution in [1.29, 1.82) is 0 Å². The minimum absolute atomic E-state index is 0.0272. The fourth-order valence-corrected chi connectivity index (χ4v) is 9.90. The molecule has 3 heterocycles. The zero-order valence-electron chi connectivity index (χ0n) is 21.2. The Bertz CT molecular complexity index is 1250. The Morgan fingerprint density at radius 1 is 1.19 bits per heavy atom. The Labute approximate surface area is 212 Å². The van der Waals surface area contributed by atoms with Crippen LogP contribution in [0.3, 0.4) is 0 Å². The third-order valence-electron chi connectivity index (χ3n) is 11.5. The molecule has 5 fully saturated rings. The van der Waals surface area contributed by atoms with Gasteiger partial charge in [-0.1, -0.05) is 12.1 Å². The highest BCUT2D eigenvalue weighted by Crippen LogP contribution is 2.77. The molecule has 4 saturated carbocycles. The van der Waals surface area contributed by atoms with Crippen molar-refractivity contribution in [3.8, 4) is 11.5 Å². The van der Waals surface area contributed by atoms with Crippen molar-refractivity contribution < 1.29 is 19.7 Å². The van der Waals surface area contributed by atoms with E-state index in [0.29, 0.717) is 17.5 Å². The van der Waals surface area contributed by atoms with Crippen LogP contribution in [0.25, 0.3) is 0 Å². The van der Waals surface area contributed by atoms with E-state index < -0.39 is 11.2 Å². The van der Waals surface area contributed by atoms with E-state index in [-0.39, 0.29) is 28.6 Å². The first kappa shape index (κ1) is 21.9. The standard InChI is InChI=1S/C30H36N2O4/c1-27(34,22-5-3-4-13-31-22)21-16-28-10-11-30(21,35-2)26-29(28)12-14-32(17-18-6-7-18)23(28)15-19-8-9-20(33)25(36-26)24(19)29/h3-5,8-9,13,18,21,23,26,33-34H,6-7,10-12,14-17H2,1-2H3/t21-,23-,26-,27?,28-,29+,30-/m1/s1. The molecule has 6 nitrogen and oxygen atoms in total. The number of phenolic OH excluding ortho intramolecular Hbond substituents is 1. The molecule has 190 valence electrons. The molecule has 4 bridgehead atoms. The Balaban J connectivity index is 1.36. The molecule has 2 N–H and O–H groups in total. The summed E-state index contributed by atoms with van der Waals surface area (Å²) in [7, 11) is 1.80. The maximum atomic E-state index is 12.3. The molecule has 1 saturated heterocycles. The van der Waals surface area contributed by atoms with E-state index in [1.807, 2.05) is 31.2 Å². The van der Waals surface area contributed by atoms with Crippen molar-refractivity contribution >= 4 is 0 Å². The molecule has 6 heteroatoms. The van der Waals surface area contributed by atoms with Gasteiger partial charge in [0.25, 0.3) is 0 Å². The number of phenols is 1. The zero-order chi connectivity index (χ0) is 24.5. The number of benzene rings is 1. The second-order valence-electron chi connectivity index (χ2n) is 12.8. The minimum Gasteiger partial charge on any atom is -0.504 e. The molecule has 2 aromatic rings. The quantitative estimate of drug-likeness (QED) is 0.665. The Hall–Kier alpha value is -2.15. The largest absolute Gasteiger partial charge is 0.504 e. The summed E-state index contributed by atoms with van der Waals surface area (Å²) >= 11 is 0. The first-order chi connectivity index (χ1) is 17.4. The van der Waals surface area contributed by atoms with E-state index in [4.69, 9.17) is 9.47 Å². The summed E-state index contributed by atoms with van der Waals surface area (Å²) in [6.07, 6.45) is 9.05. The van der Waals surface area contributed by atoms with Gasteiger partial charge in [-0.15, -0.1) is 0 Å². The van der Waals surface area contributed by atoms with Crippen molar-refractivity contribution in [2.45, 2.75) is 80.6 Å². The van der Waals surface area contributed by atoms with E-state index in [1.165, 1.54) is 30.5 Å². The molecule has 1 aromatic heterocycles. The normalized spacial score (nSPS) is 41.5. The van der Waals surface area contributed by atoms with Crippen molar-refractivity contribution in [2.75, 3.05) is 20.2 Å². The predicted octanol–water partition coefficient (Wildman–Crippen LogP) is 3.92. The topological polar surface area (TPSA) is 75.0 Å². The van der Waals surface area contributed by atoms with E-state index in [2.05, 4.69) is 16.0 Å². The van der Waals surface area contributed by atoms with Gasteiger partial charge in [-0.3, -0.25) is 9.88 Å².